The molecule has 0 unspecified atom stereocenters. The van der Waals surface area contributed by atoms with Gasteiger partial charge < -0.3 is 15.4 Å². The standard InChI is InChI=1S/C15H14ClN3O2.ClH/c16-9-6-11(15(18)21)14(17)19(7-9)13-10-4-2-1-3-8(10)5-12(13)20;/h1-4,6-7,12-13,17,20H,5H2,(H2,18,21);1H/t12-,13-;/m0./s1. The number of fused-ring (bicyclic) bond motifs is 1. The Morgan fingerprint density at radius 2 is 2.09 bits per heavy atom. The number of hydrogen-bond donors (Lipinski definition) is 3. The number of benzene rings is 1. The molecular formula is C15H15Cl2N3O2. The molecule has 1 amide bonds. The average molecular weight is 340 g/mol. The molecule has 0 spiro atoms. The van der Waals surface area contributed by atoms with Gasteiger partial charge in [-0.15, -0.1) is 12.4 Å². The SMILES string of the molecule is Cl.N=c1c(C(N)=O)cc(Cl)cn1[C@H]1c2ccccc2C[C@@H]1O. The highest BCUT2D eigenvalue weighted by atomic mass is 35.5. The number of carbonyl (C=O) groups is 1. The highest BCUT2D eigenvalue weighted by molar-refractivity contribution is 6.30. The molecule has 1 aromatic heterocycles. The summed E-state index contributed by atoms with van der Waals surface area (Å²) in [5, 5.41) is 18.8. The molecule has 2 aromatic rings. The molecule has 1 aliphatic rings. The lowest BCUT2D eigenvalue weighted by atomic mass is 10.1. The third-order valence-electron chi connectivity index (χ3n) is 3.79. The van der Waals surface area contributed by atoms with Gasteiger partial charge in [0.15, 0.2) is 0 Å². The van der Waals surface area contributed by atoms with E-state index in [9.17, 15) is 9.90 Å². The molecule has 0 saturated carbocycles. The van der Waals surface area contributed by atoms with Crippen LogP contribution in [-0.4, -0.2) is 21.7 Å². The first kappa shape index (κ1) is 16.5. The lowest BCUT2D eigenvalue weighted by molar-refractivity contribution is 0.0995. The van der Waals surface area contributed by atoms with Crippen LogP contribution in [0.4, 0.5) is 0 Å². The Bertz CT molecular complexity index is 789. The summed E-state index contributed by atoms with van der Waals surface area (Å²) in [7, 11) is 0. The van der Waals surface area contributed by atoms with E-state index >= 15 is 0 Å². The normalized spacial score (nSPS) is 19.4. The van der Waals surface area contributed by atoms with Crippen molar-refractivity contribution in [2.24, 2.45) is 5.73 Å². The first-order valence-corrected chi connectivity index (χ1v) is 6.89. The number of aliphatic hydroxyl groups is 1. The predicted molar refractivity (Wildman–Crippen MR) is 85.4 cm³/mol. The summed E-state index contributed by atoms with van der Waals surface area (Å²) in [5.41, 5.74) is 7.24. The molecule has 1 heterocycles. The topological polar surface area (TPSA) is 92.1 Å². The maximum absolute atomic E-state index is 11.4. The number of nitrogens with zero attached hydrogens (tertiary/aromatic N) is 1. The number of primary amides is 1. The number of pyridine rings is 1. The van der Waals surface area contributed by atoms with Crippen molar-refractivity contribution in [3.8, 4) is 0 Å². The van der Waals surface area contributed by atoms with E-state index in [1.54, 1.807) is 6.20 Å². The Morgan fingerprint density at radius 1 is 1.41 bits per heavy atom. The van der Waals surface area contributed by atoms with E-state index in [0.717, 1.165) is 11.1 Å². The number of carbonyl (C=O) groups excluding carboxylic acids is 1. The van der Waals surface area contributed by atoms with Crippen LogP contribution < -0.4 is 11.2 Å². The average Bonchev–Trinajstić information content (AvgIpc) is 2.76. The van der Waals surface area contributed by atoms with E-state index in [2.05, 4.69) is 0 Å². The van der Waals surface area contributed by atoms with Crippen LogP contribution in [0.25, 0.3) is 0 Å². The van der Waals surface area contributed by atoms with E-state index in [4.69, 9.17) is 22.7 Å². The molecule has 0 radical (unpaired) electrons. The van der Waals surface area contributed by atoms with E-state index in [1.807, 2.05) is 24.3 Å². The van der Waals surface area contributed by atoms with Gasteiger partial charge in [-0.1, -0.05) is 35.9 Å². The number of nitrogens with two attached hydrogens (primary N) is 1. The Hall–Kier alpha value is -1.82. The fraction of sp³-hybridized carbons (Fsp3) is 0.200. The minimum Gasteiger partial charge on any atom is -0.390 e. The molecule has 0 bridgehead atoms. The van der Waals surface area contributed by atoms with Crippen molar-refractivity contribution in [1.29, 1.82) is 5.41 Å². The van der Waals surface area contributed by atoms with Gasteiger partial charge >= 0.3 is 0 Å². The van der Waals surface area contributed by atoms with Crippen LogP contribution in [0.15, 0.2) is 36.5 Å². The van der Waals surface area contributed by atoms with Gasteiger partial charge in [0, 0.05) is 12.6 Å². The van der Waals surface area contributed by atoms with Gasteiger partial charge in [-0.2, -0.15) is 0 Å². The van der Waals surface area contributed by atoms with Crippen LogP contribution in [0.5, 0.6) is 0 Å². The number of aliphatic hydroxyl groups excluding tert-OH is 1. The summed E-state index contributed by atoms with van der Waals surface area (Å²) >= 11 is 6.03. The van der Waals surface area contributed by atoms with E-state index in [1.165, 1.54) is 10.6 Å². The minimum atomic E-state index is -0.711. The number of halogens is 2. The zero-order valence-corrected chi connectivity index (χ0v) is 13.1. The van der Waals surface area contributed by atoms with Crippen molar-refractivity contribution in [2.45, 2.75) is 18.6 Å². The quantitative estimate of drug-likeness (QED) is 0.776. The number of nitrogens with one attached hydrogen (secondary N) is 1. The van der Waals surface area contributed by atoms with Gasteiger partial charge in [0.1, 0.15) is 5.49 Å². The highest BCUT2D eigenvalue weighted by Crippen LogP contribution is 2.34. The van der Waals surface area contributed by atoms with Crippen molar-refractivity contribution in [3.63, 3.8) is 0 Å². The fourth-order valence-corrected chi connectivity index (χ4v) is 3.09. The second-order valence-electron chi connectivity index (χ2n) is 5.11. The van der Waals surface area contributed by atoms with Gasteiger partial charge in [-0.05, 0) is 17.2 Å². The minimum absolute atomic E-state index is 0. The third kappa shape index (κ3) is 2.63. The number of hydrogen-bond acceptors (Lipinski definition) is 3. The van der Waals surface area contributed by atoms with Gasteiger partial charge in [0.05, 0.1) is 22.7 Å². The molecular weight excluding hydrogens is 325 g/mol. The Labute approximate surface area is 138 Å². The van der Waals surface area contributed by atoms with Crippen LogP contribution in [-0.2, 0) is 6.42 Å². The molecule has 22 heavy (non-hydrogen) atoms. The third-order valence-corrected chi connectivity index (χ3v) is 4.00. The summed E-state index contributed by atoms with van der Waals surface area (Å²) < 4.78 is 1.51. The second kappa shape index (κ2) is 6.12. The zero-order valence-electron chi connectivity index (χ0n) is 11.5. The van der Waals surface area contributed by atoms with Crippen molar-refractivity contribution >= 4 is 29.9 Å². The van der Waals surface area contributed by atoms with Gasteiger partial charge in [0.25, 0.3) is 5.91 Å². The van der Waals surface area contributed by atoms with Crippen LogP contribution in [0.3, 0.4) is 0 Å². The Balaban J connectivity index is 0.00000176. The van der Waals surface area contributed by atoms with E-state index in [0.29, 0.717) is 11.4 Å². The molecule has 5 nitrogen and oxygen atoms in total. The lowest BCUT2D eigenvalue weighted by Crippen LogP contribution is -2.35. The lowest BCUT2D eigenvalue weighted by Gasteiger charge is -2.21. The molecule has 2 atom stereocenters. The molecule has 0 fully saturated rings. The molecule has 3 rings (SSSR count). The monoisotopic (exact) mass is 339 g/mol. The second-order valence-corrected chi connectivity index (χ2v) is 5.54. The number of rotatable bonds is 2. The van der Waals surface area contributed by atoms with Crippen LogP contribution >= 0.6 is 24.0 Å². The molecule has 0 aliphatic heterocycles. The molecule has 116 valence electrons. The maximum atomic E-state index is 11.4. The molecule has 4 N–H and O–H groups in total. The molecule has 1 aliphatic carbocycles. The number of amides is 1. The van der Waals surface area contributed by atoms with Crippen LogP contribution in [0.1, 0.15) is 27.5 Å². The highest BCUT2D eigenvalue weighted by Gasteiger charge is 2.32. The Morgan fingerprint density at radius 3 is 2.77 bits per heavy atom. The van der Waals surface area contributed by atoms with Crippen molar-refractivity contribution < 1.29 is 9.90 Å². The first-order valence-electron chi connectivity index (χ1n) is 6.51. The van der Waals surface area contributed by atoms with Gasteiger partial charge in [-0.25, -0.2) is 0 Å². The largest absolute Gasteiger partial charge is 0.390 e. The van der Waals surface area contributed by atoms with Crippen molar-refractivity contribution in [1.82, 2.24) is 4.57 Å². The summed E-state index contributed by atoms with van der Waals surface area (Å²) in [6.07, 6.45) is 1.38. The van der Waals surface area contributed by atoms with Gasteiger partial charge in [0.2, 0.25) is 0 Å². The van der Waals surface area contributed by atoms with Crippen molar-refractivity contribution in [2.75, 3.05) is 0 Å². The predicted octanol–water partition coefficient (Wildman–Crippen LogP) is 1.65. The first-order chi connectivity index (χ1) is 9.99. The fourth-order valence-electron chi connectivity index (χ4n) is 2.88. The summed E-state index contributed by atoms with van der Waals surface area (Å²) in [4.78, 5) is 11.4. The molecule has 0 saturated heterocycles. The number of aromatic nitrogens is 1. The van der Waals surface area contributed by atoms with Crippen LogP contribution in [0.2, 0.25) is 5.02 Å². The maximum Gasteiger partial charge on any atom is 0.252 e. The van der Waals surface area contributed by atoms with E-state index < -0.39 is 18.1 Å². The smallest absolute Gasteiger partial charge is 0.252 e. The summed E-state index contributed by atoms with van der Waals surface area (Å²) in [5.74, 6) is -0.711. The Kier molecular flexibility index (Phi) is 4.60. The zero-order chi connectivity index (χ0) is 15.1. The van der Waals surface area contributed by atoms with E-state index in [-0.39, 0.29) is 23.5 Å². The molecule has 7 heteroatoms. The summed E-state index contributed by atoms with van der Waals surface area (Å²) in [6.45, 7) is 0. The van der Waals surface area contributed by atoms with Crippen LogP contribution in [0, 0.1) is 5.41 Å². The van der Waals surface area contributed by atoms with Gasteiger partial charge in [-0.3, -0.25) is 10.2 Å². The van der Waals surface area contributed by atoms with Crippen molar-refractivity contribution in [3.05, 3.63) is 63.7 Å². The summed E-state index contributed by atoms with van der Waals surface area (Å²) in [6, 6.07) is 8.58. The molecule has 1 aromatic carbocycles.